The zero-order valence-corrected chi connectivity index (χ0v) is 14.9. The SMILES string of the molecule is COc1ccc(OC2CC(Br)C23CCCCC3)c(Br)c1. The van der Waals surface area contributed by atoms with Crippen molar-refractivity contribution in [1.82, 2.24) is 0 Å². The monoisotopic (exact) mass is 402 g/mol. The van der Waals surface area contributed by atoms with Crippen molar-refractivity contribution in [2.24, 2.45) is 5.41 Å². The van der Waals surface area contributed by atoms with Crippen LogP contribution in [0.2, 0.25) is 0 Å². The molecular formula is C16H20Br2O2. The molecule has 2 atom stereocenters. The summed E-state index contributed by atoms with van der Waals surface area (Å²) in [5.74, 6) is 1.78. The molecule has 1 aromatic rings. The van der Waals surface area contributed by atoms with Gasteiger partial charge in [0.05, 0.1) is 11.6 Å². The van der Waals surface area contributed by atoms with Gasteiger partial charge < -0.3 is 9.47 Å². The van der Waals surface area contributed by atoms with Crippen LogP contribution in [0.15, 0.2) is 22.7 Å². The van der Waals surface area contributed by atoms with E-state index in [1.54, 1.807) is 7.11 Å². The number of hydrogen-bond donors (Lipinski definition) is 0. The summed E-state index contributed by atoms with van der Waals surface area (Å²) in [5.41, 5.74) is 0.359. The second-order valence-electron chi connectivity index (χ2n) is 5.90. The topological polar surface area (TPSA) is 18.5 Å². The fourth-order valence-corrected chi connectivity index (χ4v) is 5.11. The van der Waals surface area contributed by atoms with E-state index in [1.165, 1.54) is 32.1 Å². The fourth-order valence-electron chi connectivity index (χ4n) is 3.57. The lowest BCUT2D eigenvalue weighted by molar-refractivity contribution is -0.0605. The van der Waals surface area contributed by atoms with E-state index in [9.17, 15) is 0 Å². The number of benzene rings is 1. The molecule has 0 amide bonds. The molecule has 110 valence electrons. The smallest absolute Gasteiger partial charge is 0.134 e. The Morgan fingerprint density at radius 3 is 2.55 bits per heavy atom. The van der Waals surface area contributed by atoms with Crippen LogP contribution in [-0.2, 0) is 0 Å². The van der Waals surface area contributed by atoms with Crippen LogP contribution >= 0.6 is 31.9 Å². The number of hydrogen-bond acceptors (Lipinski definition) is 2. The van der Waals surface area contributed by atoms with E-state index in [2.05, 4.69) is 31.9 Å². The maximum atomic E-state index is 6.31. The molecule has 1 aromatic carbocycles. The highest BCUT2D eigenvalue weighted by Crippen LogP contribution is 2.56. The Bertz CT molecular complexity index is 483. The molecule has 0 bridgehead atoms. The Morgan fingerprint density at radius 2 is 1.95 bits per heavy atom. The van der Waals surface area contributed by atoms with Crippen LogP contribution in [0.3, 0.4) is 0 Å². The molecule has 4 heteroatoms. The van der Waals surface area contributed by atoms with Crippen LogP contribution in [-0.4, -0.2) is 18.0 Å². The summed E-state index contributed by atoms with van der Waals surface area (Å²) in [6.45, 7) is 0. The Hall–Kier alpha value is -0.220. The Morgan fingerprint density at radius 1 is 1.20 bits per heavy atom. The van der Waals surface area contributed by atoms with E-state index in [0.29, 0.717) is 16.3 Å². The predicted molar refractivity (Wildman–Crippen MR) is 88.0 cm³/mol. The molecular weight excluding hydrogens is 384 g/mol. The third-order valence-corrected chi connectivity index (χ3v) is 6.78. The van der Waals surface area contributed by atoms with Crippen LogP contribution in [0.25, 0.3) is 0 Å². The number of halogens is 2. The fraction of sp³-hybridized carbons (Fsp3) is 0.625. The standard InChI is InChI=1S/C16H20Br2O2/c1-19-11-5-6-13(12(17)9-11)20-15-10-14(18)16(15)7-3-2-4-8-16/h5-6,9,14-15H,2-4,7-8,10H2,1H3. The van der Waals surface area contributed by atoms with E-state index in [-0.39, 0.29) is 0 Å². The second kappa shape index (κ2) is 5.88. The van der Waals surface area contributed by atoms with Gasteiger partial charge in [-0.05, 0) is 53.4 Å². The summed E-state index contributed by atoms with van der Waals surface area (Å²) < 4.78 is 12.5. The van der Waals surface area contributed by atoms with Crippen molar-refractivity contribution in [3.05, 3.63) is 22.7 Å². The van der Waals surface area contributed by atoms with Gasteiger partial charge in [0.15, 0.2) is 0 Å². The zero-order chi connectivity index (χ0) is 14.2. The molecule has 0 heterocycles. The first-order chi connectivity index (χ1) is 9.65. The molecule has 1 spiro atoms. The number of ether oxygens (including phenoxy) is 2. The van der Waals surface area contributed by atoms with E-state index < -0.39 is 0 Å². The van der Waals surface area contributed by atoms with Crippen molar-refractivity contribution in [2.75, 3.05) is 7.11 Å². The minimum Gasteiger partial charge on any atom is -0.497 e. The first-order valence-corrected chi connectivity index (χ1v) is 9.01. The van der Waals surface area contributed by atoms with E-state index in [1.807, 2.05) is 18.2 Å². The van der Waals surface area contributed by atoms with Crippen molar-refractivity contribution < 1.29 is 9.47 Å². The molecule has 2 nitrogen and oxygen atoms in total. The van der Waals surface area contributed by atoms with Gasteiger partial charge in [0.25, 0.3) is 0 Å². The highest BCUT2D eigenvalue weighted by Gasteiger charge is 2.55. The second-order valence-corrected chi connectivity index (χ2v) is 7.86. The molecule has 0 aromatic heterocycles. The van der Waals surface area contributed by atoms with Gasteiger partial charge in [-0.2, -0.15) is 0 Å². The zero-order valence-electron chi connectivity index (χ0n) is 11.7. The van der Waals surface area contributed by atoms with Crippen molar-refractivity contribution >= 4 is 31.9 Å². The summed E-state index contributed by atoms with van der Waals surface area (Å²) in [5, 5.41) is 0. The average molecular weight is 404 g/mol. The third kappa shape index (κ3) is 2.50. The van der Waals surface area contributed by atoms with Gasteiger partial charge in [0, 0.05) is 10.2 Å². The highest BCUT2D eigenvalue weighted by molar-refractivity contribution is 9.10. The lowest BCUT2D eigenvalue weighted by Gasteiger charge is -2.55. The van der Waals surface area contributed by atoms with Crippen molar-refractivity contribution in [3.8, 4) is 11.5 Å². The van der Waals surface area contributed by atoms with Crippen molar-refractivity contribution in [3.63, 3.8) is 0 Å². The number of methoxy groups -OCH3 is 1. The predicted octanol–water partition coefficient (Wildman–Crippen LogP) is 5.32. The van der Waals surface area contributed by atoms with Crippen LogP contribution in [0, 0.1) is 5.41 Å². The van der Waals surface area contributed by atoms with Crippen LogP contribution in [0.4, 0.5) is 0 Å². The molecule has 0 aliphatic heterocycles. The largest absolute Gasteiger partial charge is 0.497 e. The lowest BCUT2D eigenvalue weighted by atomic mass is 9.58. The maximum Gasteiger partial charge on any atom is 0.134 e. The Kier molecular flexibility index (Phi) is 4.32. The van der Waals surface area contributed by atoms with Gasteiger partial charge in [0.2, 0.25) is 0 Å². The minimum absolute atomic E-state index is 0.344. The van der Waals surface area contributed by atoms with Crippen LogP contribution in [0.5, 0.6) is 11.5 Å². The van der Waals surface area contributed by atoms with Gasteiger partial charge in [-0.25, -0.2) is 0 Å². The first kappa shape index (κ1) is 14.7. The summed E-state index contributed by atoms with van der Waals surface area (Å²) in [4.78, 5) is 0.623. The van der Waals surface area contributed by atoms with Gasteiger partial charge >= 0.3 is 0 Å². The van der Waals surface area contributed by atoms with Gasteiger partial charge in [0.1, 0.15) is 17.6 Å². The molecule has 0 radical (unpaired) electrons. The maximum absolute atomic E-state index is 6.31. The molecule has 2 fully saturated rings. The van der Waals surface area contributed by atoms with Gasteiger partial charge in [-0.15, -0.1) is 0 Å². The van der Waals surface area contributed by atoms with Crippen LogP contribution < -0.4 is 9.47 Å². The van der Waals surface area contributed by atoms with E-state index in [4.69, 9.17) is 9.47 Å². The van der Waals surface area contributed by atoms with Crippen LogP contribution in [0.1, 0.15) is 38.5 Å². The van der Waals surface area contributed by atoms with E-state index >= 15 is 0 Å². The Balaban J connectivity index is 1.74. The number of alkyl halides is 1. The first-order valence-electron chi connectivity index (χ1n) is 7.30. The molecule has 2 saturated carbocycles. The third-order valence-electron chi connectivity index (χ3n) is 4.88. The summed E-state index contributed by atoms with van der Waals surface area (Å²) in [6, 6.07) is 5.92. The molecule has 2 aliphatic carbocycles. The Labute approximate surface area is 137 Å². The van der Waals surface area contributed by atoms with Crippen molar-refractivity contribution in [2.45, 2.75) is 49.5 Å². The highest BCUT2D eigenvalue weighted by atomic mass is 79.9. The lowest BCUT2D eigenvalue weighted by Crippen LogP contribution is -2.57. The summed E-state index contributed by atoms with van der Waals surface area (Å²) >= 11 is 7.44. The average Bonchev–Trinajstić information content (AvgIpc) is 2.49. The normalized spacial score (nSPS) is 27.9. The molecule has 0 N–H and O–H groups in total. The molecule has 2 aliphatic rings. The number of rotatable bonds is 3. The molecule has 3 rings (SSSR count). The minimum atomic E-state index is 0.344. The molecule has 0 saturated heterocycles. The summed E-state index contributed by atoms with van der Waals surface area (Å²) in [7, 11) is 1.68. The van der Waals surface area contributed by atoms with Gasteiger partial charge in [-0.3, -0.25) is 0 Å². The van der Waals surface area contributed by atoms with Gasteiger partial charge in [-0.1, -0.05) is 35.2 Å². The molecule has 20 heavy (non-hydrogen) atoms. The molecule has 2 unspecified atom stereocenters. The van der Waals surface area contributed by atoms with Crippen molar-refractivity contribution in [1.29, 1.82) is 0 Å². The summed E-state index contributed by atoms with van der Waals surface area (Å²) in [6.07, 6.45) is 8.09. The quantitative estimate of drug-likeness (QED) is 0.635. The van der Waals surface area contributed by atoms with E-state index in [0.717, 1.165) is 22.4 Å².